The molecule has 5 heteroatoms. The second kappa shape index (κ2) is 8.33. The van der Waals surface area contributed by atoms with Crippen LogP contribution in [0.25, 0.3) is 22.8 Å². The zero-order valence-corrected chi connectivity index (χ0v) is 17.3. The van der Waals surface area contributed by atoms with Crippen molar-refractivity contribution in [1.82, 2.24) is 15.0 Å². The molecular formula is C25H24N4O. The molecule has 1 aromatic heterocycles. The predicted octanol–water partition coefficient (Wildman–Crippen LogP) is 5.50. The molecule has 0 aliphatic heterocycles. The van der Waals surface area contributed by atoms with E-state index in [-0.39, 0.29) is 5.91 Å². The molecule has 0 radical (unpaired) electrons. The summed E-state index contributed by atoms with van der Waals surface area (Å²) in [6.45, 7) is 6.27. The van der Waals surface area contributed by atoms with Gasteiger partial charge in [0.2, 0.25) is 5.91 Å². The van der Waals surface area contributed by atoms with Crippen LogP contribution in [0, 0.1) is 6.92 Å². The average molecular weight is 396 g/mol. The Hall–Kier alpha value is -3.73. The minimum Gasteiger partial charge on any atom is -0.322 e. The zero-order valence-electron chi connectivity index (χ0n) is 17.3. The highest BCUT2D eigenvalue weighted by Crippen LogP contribution is 2.22. The number of para-hydroxylation sites is 1. The number of amides is 1. The predicted molar refractivity (Wildman–Crippen MR) is 122 cm³/mol. The third-order valence-electron chi connectivity index (χ3n) is 5.00. The molecular weight excluding hydrogens is 372 g/mol. The van der Waals surface area contributed by atoms with E-state index < -0.39 is 0 Å². The zero-order chi connectivity index (χ0) is 21.1. The lowest BCUT2D eigenvalue weighted by Crippen LogP contribution is -2.08. The second-order valence-electron chi connectivity index (χ2n) is 7.62. The Bertz CT molecular complexity index is 1210. The van der Waals surface area contributed by atoms with Gasteiger partial charge in [-0.1, -0.05) is 56.3 Å². The molecule has 0 saturated carbocycles. The first-order valence-corrected chi connectivity index (χ1v) is 10.0. The highest BCUT2D eigenvalue weighted by atomic mass is 16.1. The summed E-state index contributed by atoms with van der Waals surface area (Å²) in [5, 5.41) is 12.0. The molecule has 0 saturated heterocycles. The van der Waals surface area contributed by atoms with Crippen LogP contribution >= 0.6 is 0 Å². The number of fused-ring (bicyclic) bond motifs is 1. The Morgan fingerprint density at radius 2 is 1.63 bits per heavy atom. The van der Waals surface area contributed by atoms with Gasteiger partial charge < -0.3 is 5.32 Å². The van der Waals surface area contributed by atoms with Crippen LogP contribution in [-0.2, 0) is 4.79 Å². The van der Waals surface area contributed by atoms with Gasteiger partial charge in [-0.25, -0.2) is 0 Å². The fourth-order valence-corrected chi connectivity index (χ4v) is 3.22. The molecule has 5 nitrogen and oxygen atoms in total. The number of anilines is 1. The molecule has 30 heavy (non-hydrogen) atoms. The van der Waals surface area contributed by atoms with Crippen LogP contribution in [0.3, 0.4) is 0 Å². The van der Waals surface area contributed by atoms with Crippen LogP contribution in [0.4, 0.5) is 5.69 Å². The maximum absolute atomic E-state index is 12.4. The van der Waals surface area contributed by atoms with Gasteiger partial charge >= 0.3 is 0 Å². The molecule has 1 heterocycles. The normalized spacial score (nSPS) is 11.5. The van der Waals surface area contributed by atoms with Crippen LogP contribution in [0.1, 0.15) is 36.5 Å². The van der Waals surface area contributed by atoms with Gasteiger partial charge in [0.15, 0.2) is 0 Å². The number of rotatable bonds is 5. The van der Waals surface area contributed by atoms with Gasteiger partial charge in [-0.3, -0.25) is 4.79 Å². The summed E-state index contributed by atoms with van der Waals surface area (Å²) < 4.78 is 0. The van der Waals surface area contributed by atoms with Crippen molar-refractivity contribution in [3.05, 3.63) is 89.5 Å². The molecule has 0 aliphatic rings. The van der Waals surface area contributed by atoms with Crippen LogP contribution in [0.15, 0.2) is 72.8 Å². The van der Waals surface area contributed by atoms with E-state index in [1.165, 1.54) is 5.56 Å². The van der Waals surface area contributed by atoms with Gasteiger partial charge in [0.25, 0.3) is 0 Å². The van der Waals surface area contributed by atoms with Crippen molar-refractivity contribution >= 4 is 28.7 Å². The molecule has 0 aliphatic carbocycles. The van der Waals surface area contributed by atoms with E-state index in [2.05, 4.69) is 41.5 Å². The third kappa shape index (κ3) is 4.30. The summed E-state index contributed by atoms with van der Waals surface area (Å²) >= 11 is 0. The first-order chi connectivity index (χ1) is 14.5. The fraction of sp³-hybridized carbons (Fsp3) is 0.160. The minimum atomic E-state index is -0.180. The maximum atomic E-state index is 12.4. The lowest BCUT2D eigenvalue weighted by atomic mass is 10.0. The van der Waals surface area contributed by atoms with Gasteiger partial charge in [-0.05, 0) is 59.9 Å². The number of hydrogen-bond donors (Lipinski definition) is 1. The highest BCUT2D eigenvalue weighted by Gasteiger charge is 2.09. The van der Waals surface area contributed by atoms with Gasteiger partial charge in [-0.2, -0.15) is 4.80 Å². The second-order valence-corrected chi connectivity index (χ2v) is 7.62. The topological polar surface area (TPSA) is 59.8 Å². The lowest BCUT2D eigenvalue weighted by molar-refractivity contribution is -0.111. The number of hydrogen-bond acceptors (Lipinski definition) is 3. The number of aromatic nitrogens is 3. The average Bonchev–Trinajstić information content (AvgIpc) is 3.16. The monoisotopic (exact) mass is 396 g/mol. The van der Waals surface area contributed by atoms with E-state index in [9.17, 15) is 4.79 Å². The Balaban J connectivity index is 1.51. The van der Waals surface area contributed by atoms with Crippen LogP contribution in [0.2, 0.25) is 0 Å². The third-order valence-corrected chi connectivity index (χ3v) is 5.00. The first kappa shape index (κ1) is 19.6. The molecule has 4 rings (SSSR count). The van der Waals surface area contributed by atoms with Gasteiger partial charge in [-0.15, -0.1) is 10.2 Å². The first-order valence-electron chi connectivity index (χ1n) is 10.0. The van der Waals surface area contributed by atoms with Crippen molar-refractivity contribution in [2.24, 2.45) is 0 Å². The standard InChI is InChI=1S/C25H24N4O/c1-17(2)20-12-9-19(10-13-20)11-14-25(30)26-22-16-24-23(15-18(22)3)27-29(28-24)21-7-5-4-6-8-21/h4-17H,1-3H3,(H,26,30)/b14-11+. The Labute approximate surface area is 176 Å². The van der Waals surface area contributed by atoms with Crippen molar-refractivity contribution in [2.75, 3.05) is 5.32 Å². The maximum Gasteiger partial charge on any atom is 0.248 e. The van der Waals surface area contributed by atoms with E-state index in [0.717, 1.165) is 33.5 Å². The molecule has 0 spiro atoms. The van der Waals surface area contributed by atoms with E-state index in [1.54, 1.807) is 10.9 Å². The summed E-state index contributed by atoms with van der Waals surface area (Å²) in [5.41, 5.74) is 6.35. The van der Waals surface area contributed by atoms with Crippen molar-refractivity contribution in [2.45, 2.75) is 26.7 Å². The SMILES string of the molecule is Cc1cc2nn(-c3ccccc3)nc2cc1NC(=O)/C=C/c1ccc(C(C)C)cc1. The van der Waals surface area contributed by atoms with E-state index >= 15 is 0 Å². The van der Waals surface area contributed by atoms with Gasteiger partial charge in [0.05, 0.1) is 5.69 Å². The lowest BCUT2D eigenvalue weighted by Gasteiger charge is -2.06. The Kier molecular flexibility index (Phi) is 5.44. The van der Waals surface area contributed by atoms with Crippen LogP contribution < -0.4 is 5.32 Å². The number of benzene rings is 3. The van der Waals surface area contributed by atoms with Crippen molar-refractivity contribution < 1.29 is 4.79 Å². The summed E-state index contributed by atoms with van der Waals surface area (Å²) in [5.74, 6) is 0.310. The van der Waals surface area contributed by atoms with Crippen molar-refractivity contribution in [1.29, 1.82) is 0 Å². The minimum absolute atomic E-state index is 0.180. The molecule has 0 fully saturated rings. The smallest absolute Gasteiger partial charge is 0.248 e. The van der Waals surface area contributed by atoms with E-state index in [1.807, 2.05) is 67.6 Å². The number of aryl methyl sites for hydroxylation is 1. The quantitative estimate of drug-likeness (QED) is 0.453. The fourth-order valence-electron chi connectivity index (χ4n) is 3.22. The molecule has 4 aromatic rings. The molecule has 1 amide bonds. The molecule has 150 valence electrons. The molecule has 0 unspecified atom stereocenters. The summed E-state index contributed by atoms with van der Waals surface area (Å²) in [6, 6.07) is 21.8. The molecule has 3 aromatic carbocycles. The summed E-state index contributed by atoms with van der Waals surface area (Å²) in [4.78, 5) is 14.0. The highest BCUT2D eigenvalue weighted by molar-refractivity contribution is 6.03. The molecule has 1 N–H and O–H groups in total. The number of nitrogens with one attached hydrogen (secondary N) is 1. The summed E-state index contributed by atoms with van der Waals surface area (Å²) in [6.07, 6.45) is 3.37. The largest absolute Gasteiger partial charge is 0.322 e. The summed E-state index contributed by atoms with van der Waals surface area (Å²) in [7, 11) is 0. The number of carbonyl (C=O) groups is 1. The number of carbonyl (C=O) groups excluding carboxylic acids is 1. The van der Waals surface area contributed by atoms with Crippen LogP contribution in [0.5, 0.6) is 0 Å². The number of nitrogens with zero attached hydrogens (tertiary/aromatic N) is 3. The van der Waals surface area contributed by atoms with Gasteiger partial charge in [0.1, 0.15) is 11.0 Å². The van der Waals surface area contributed by atoms with E-state index in [0.29, 0.717) is 5.92 Å². The van der Waals surface area contributed by atoms with E-state index in [4.69, 9.17) is 0 Å². The Morgan fingerprint density at radius 3 is 2.30 bits per heavy atom. The van der Waals surface area contributed by atoms with Crippen molar-refractivity contribution in [3.8, 4) is 5.69 Å². The molecule has 0 bridgehead atoms. The van der Waals surface area contributed by atoms with Gasteiger partial charge in [0, 0.05) is 11.8 Å². The Morgan fingerprint density at radius 1 is 0.967 bits per heavy atom. The van der Waals surface area contributed by atoms with Crippen molar-refractivity contribution in [3.63, 3.8) is 0 Å². The van der Waals surface area contributed by atoms with Crippen LogP contribution in [-0.4, -0.2) is 20.9 Å². The molecule has 0 atom stereocenters.